The van der Waals surface area contributed by atoms with E-state index < -0.39 is 11.9 Å². The minimum atomic E-state index is -0.868. The molecule has 4 nitrogen and oxygen atoms in total. The van der Waals surface area contributed by atoms with Gasteiger partial charge < -0.3 is 9.84 Å². The number of ether oxygens (including phenoxy) is 1. The van der Waals surface area contributed by atoms with E-state index in [9.17, 15) is 9.59 Å². The monoisotopic (exact) mass is 350 g/mol. The number of hydrogen-bond acceptors (Lipinski definition) is 4. The summed E-state index contributed by atoms with van der Waals surface area (Å²) in [6.45, 7) is 2.04. The van der Waals surface area contributed by atoms with Crippen molar-refractivity contribution in [1.82, 2.24) is 0 Å². The molecule has 120 valence electrons. The first-order valence-electron chi connectivity index (χ1n) is 6.95. The first-order valence-corrected chi connectivity index (χ1v) is 8.14. The molecular weight excluding hydrogens is 336 g/mol. The van der Waals surface area contributed by atoms with E-state index in [1.54, 1.807) is 37.3 Å². The fraction of sp³-hybridized carbons (Fsp3) is 0.176. The van der Waals surface area contributed by atoms with Crippen molar-refractivity contribution in [2.24, 2.45) is 0 Å². The second-order valence-electron chi connectivity index (χ2n) is 4.68. The van der Waals surface area contributed by atoms with Crippen LogP contribution in [0.5, 0.6) is 0 Å². The molecule has 0 aromatic heterocycles. The third-order valence-electron chi connectivity index (χ3n) is 2.94. The second kappa shape index (κ2) is 8.04. The summed E-state index contributed by atoms with van der Waals surface area (Å²) in [7, 11) is 0. The fourth-order valence-corrected chi connectivity index (χ4v) is 3.02. The molecule has 2 aromatic carbocycles. The molecule has 0 heterocycles. The molecule has 0 atom stereocenters. The van der Waals surface area contributed by atoms with Crippen LogP contribution in [0.25, 0.3) is 0 Å². The normalized spacial score (nSPS) is 10.3. The Labute approximate surface area is 143 Å². The predicted molar refractivity (Wildman–Crippen MR) is 89.3 cm³/mol. The third-order valence-corrected chi connectivity index (χ3v) is 4.26. The number of benzene rings is 2. The van der Waals surface area contributed by atoms with Crippen LogP contribution in [0.3, 0.4) is 0 Å². The SMILES string of the molecule is CCOC(=O)c1cc(Cl)ccc1Sc1ccc(CC(=O)O)cc1. The molecule has 0 spiro atoms. The average molecular weight is 351 g/mol. The molecule has 6 heteroatoms. The van der Waals surface area contributed by atoms with Gasteiger partial charge in [0.2, 0.25) is 0 Å². The van der Waals surface area contributed by atoms with Crippen molar-refractivity contribution in [3.05, 3.63) is 58.6 Å². The zero-order valence-corrected chi connectivity index (χ0v) is 14.0. The number of carbonyl (C=O) groups excluding carboxylic acids is 1. The summed E-state index contributed by atoms with van der Waals surface area (Å²) in [5.74, 6) is -1.28. The molecule has 0 saturated carbocycles. The highest BCUT2D eigenvalue weighted by Crippen LogP contribution is 2.32. The van der Waals surface area contributed by atoms with E-state index in [0.29, 0.717) is 17.2 Å². The third kappa shape index (κ3) is 5.01. The molecule has 2 rings (SSSR count). The lowest BCUT2D eigenvalue weighted by atomic mass is 10.2. The minimum absolute atomic E-state index is 0.0139. The van der Waals surface area contributed by atoms with E-state index in [-0.39, 0.29) is 6.42 Å². The number of esters is 1. The number of halogens is 1. The highest BCUT2D eigenvalue weighted by Gasteiger charge is 2.14. The van der Waals surface area contributed by atoms with Crippen LogP contribution in [0.1, 0.15) is 22.8 Å². The van der Waals surface area contributed by atoms with Crippen LogP contribution in [0.2, 0.25) is 5.02 Å². The van der Waals surface area contributed by atoms with Gasteiger partial charge in [-0.1, -0.05) is 35.5 Å². The summed E-state index contributed by atoms with van der Waals surface area (Å²) in [5, 5.41) is 9.24. The smallest absolute Gasteiger partial charge is 0.339 e. The van der Waals surface area contributed by atoms with Crippen molar-refractivity contribution in [1.29, 1.82) is 0 Å². The Balaban J connectivity index is 2.22. The molecule has 0 radical (unpaired) electrons. The maximum absolute atomic E-state index is 12.0. The van der Waals surface area contributed by atoms with Crippen molar-refractivity contribution >= 4 is 35.3 Å². The molecule has 2 aromatic rings. The van der Waals surface area contributed by atoms with Crippen LogP contribution in [0.4, 0.5) is 0 Å². The molecule has 0 bridgehead atoms. The number of carboxylic acids is 1. The van der Waals surface area contributed by atoms with Crippen LogP contribution in [-0.2, 0) is 16.0 Å². The molecule has 0 aliphatic carbocycles. The Kier molecular flexibility index (Phi) is 6.07. The Morgan fingerprint density at radius 2 is 1.87 bits per heavy atom. The fourth-order valence-electron chi connectivity index (χ4n) is 1.94. The van der Waals surface area contributed by atoms with E-state index in [2.05, 4.69) is 0 Å². The highest BCUT2D eigenvalue weighted by molar-refractivity contribution is 7.99. The number of carbonyl (C=O) groups is 2. The number of carboxylic acid groups (broad SMARTS) is 1. The van der Waals surface area contributed by atoms with Gasteiger partial charge in [0.25, 0.3) is 0 Å². The molecule has 1 N–H and O–H groups in total. The van der Waals surface area contributed by atoms with E-state index in [1.807, 2.05) is 12.1 Å². The van der Waals surface area contributed by atoms with E-state index in [4.69, 9.17) is 21.4 Å². The Morgan fingerprint density at radius 1 is 1.17 bits per heavy atom. The summed E-state index contributed by atoms with van der Waals surface area (Å²) >= 11 is 7.36. The summed E-state index contributed by atoms with van der Waals surface area (Å²) in [6, 6.07) is 12.2. The van der Waals surface area contributed by atoms with Gasteiger partial charge in [0.05, 0.1) is 18.6 Å². The lowest BCUT2D eigenvalue weighted by molar-refractivity contribution is -0.136. The van der Waals surface area contributed by atoms with Gasteiger partial charge in [-0.3, -0.25) is 4.79 Å². The van der Waals surface area contributed by atoms with Crippen LogP contribution < -0.4 is 0 Å². The zero-order chi connectivity index (χ0) is 16.8. The molecule has 0 aliphatic rings. The van der Waals surface area contributed by atoms with Gasteiger partial charge in [-0.2, -0.15) is 0 Å². The van der Waals surface area contributed by atoms with Crippen molar-refractivity contribution in [2.75, 3.05) is 6.61 Å². The molecule has 0 amide bonds. The second-order valence-corrected chi connectivity index (χ2v) is 6.23. The van der Waals surface area contributed by atoms with Gasteiger partial charge in [0, 0.05) is 14.8 Å². The number of rotatable bonds is 6. The summed E-state index contributed by atoms with van der Waals surface area (Å²) in [5.41, 5.74) is 1.14. The number of aliphatic carboxylic acids is 1. The molecule has 0 unspecified atom stereocenters. The molecule has 0 aliphatic heterocycles. The average Bonchev–Trinajstić information content (AvgIpc) is 2.50. The van der Waals surface area contributed by atoms with E-state index in [0.717, 1.165) is 15.4 Å². The molecular formula is C17H15ClO4S. The van der Waals surface area contributed by atoms with Crippen molar-refractivity contribution in [3.63, 3.8) is 0 Å². The van der Waals surface area contributed by atoms with Crippen LogP contribution in [0.15, 0.2) is 52.3 Å². The van der Waals surface area contributed by atoms with Crippen molar-refractivity contribution < 1.29 is 19.4 Å². The van der Waals surface area contributed by atoms with Gasteiger partial charge in [-0.15, -0.1) is 0 Å². The van der Waals surface area contributed by atoms with Gasteiger partial charge in [0.1, 0.15) is 0 Å². The quantitative estimate of drug-likeness (QED) is 0.787. The summed E-state index contributed by atoms with van der Waals surface area (Å²) < 4.78 is 5.05. The van der Waals surface area contributed by atoms with E-state index >= 15 is 0 Å². The minimum Gasteiger partial charge on any atom is -0.481 e. The first kappa shape index (κ1) is 17.4. The van der Waals surface area contributed by atoms with Gasteiger partial charge in [0.15, 0.2) is 0 Å². The predicted octanol–water partition coefficient (Wildman–Crippen LogP) is 4.30. The Bertz CT molecular complexity index is 713. The van der Waals surface area contributed by atoms with Crippen molar-refractivity contribution in [3.8, 4) is 0 Å². The van der Waals surface area contributed by atoms with Crippen LogP contribution in [0, 0.1) is 0 Å². The van der Waals surface area contributed by atoms with Crippen molar-refractivity contribution in [2.45, 2.75) is 23.1 Å². The lowest BCUT2D eigenvalue weighted by Gasteiger charge is -2.09. The summed E-state index contributed by atoms with van der Waals surface area (Å²) in [6.07, 6.45) is -0.0139. The van der Waals surface area contributed by atoms with Gasteiger partial charge in [-0.25, -0.2) is 4.79 Å². The van der Waals surface area contributed by atoms with Crippen LogP contribution in [-0.4, -0.2) is 23.7 Å². The molecule has 0 fully saturated rings. The summed E-state index contributed by atoms with van der Waals surface area (Å²) in [4.78, 5) is 24.3. The lowest BCUT2D eigenvalue weighted by Crippen LogP contribution is -2.06. The van der Waals surface area contributed by atoms with E-state index in [1.165, 1.54) is 11.8 Å². The van der Waals surface area contributed by atoms with Gasteiger partial charge in [-0.05, 0) is 42.8 Å². The highest BCUT2D eigenvalue weighted by atomic mass is 35.5. The first-order chi connectivity index (χ1) is 11.0. The standard InChI is InChI=1S/C17H15ClO4S/c1-2-22-17(21)14-10-12(18)5-8-15(14)23-13-6-3-11(4-7-13)9-16(19)20/h3-8,10H,2,9H2,1H3,(H,19,20). The largest absolute Gasteiger partial charge is 0.481 e. The molecule has 23 heavy (non-hydrogen) atoms. The van der Waals surface area contributed by atoms with Crippen LogP contribution >= 0.6 is 23.4 Å². The topological polar surface area (TPSA) is 63.6 Å². The zero-order valence-electron chi connectivity index (χ0n) is 12.4. The number of hydrogen-bond donors (Lipinski definition) is 1. The Morgan fingerprint density at radius 3 is 2.48 bits per heavy atom. The maximum Gasteiger partial charge on any atom is 0.339 e. The molecule has 0 saturated heterocycles. The Hall–Kier alpha value is -1.98. The maximum atomic E-state index is 12.0. The van der Waals surface area contributed by atoms with Gasteiger partial charge >= 0.3 is 11.9 Å².